The molecule has 9 nitrogen and oxygen atoms in total. The Hall–Kier alpha value is -5.91. The number of rotatable bonds is 9. The second kappa shape index (κ2) is 13.8. The van der Waals surface area contributed by atoms with Gasteiger partial charge in [-0.05, 0) is 60.2 Å². The molecule has 0 saturated carbocycles. The van der Waals surface area contributed by atoms with Crippen LogP contribution in [0, 0.1) is 17.5 Å². The second-order valence-corrected chi connectivity index (χ2v) is 11.3. The Morgan fingerprint density at radius 3 is 2.17 bits per heavy atom. The minimum Gasteiger partial charge on any atom is -0.507 e. The fraction of sp³-hybridized carbons (Fsp3) is 0.167. The van der Waals surface area contributed by atoms with Crippen molar-refractivity contribution in [2.24, 2.45) is 0 Å². The summed E-state index contributed by atoms with van der Waals surface area (Å²) in [5.74, 6) is -4.90. The summed E-state index contributed by atoms with van der Waals surface area (Å²) in [5, 5.41) is 15.2. The van der Waals surface area contributed by atoms with Gasteiger partial charge in [0.05, 0.1) is 17.8 Å². The van der Waals surface area contributed by atoms with E-state index in [4.69, 9.17) is 0 Å². The van der Waals surface area contributed by atoms with Gasteiger partial charge in [-0.15, -0.1) is 0 Å². The number of aliphatic hydroxyl groups is 1. The third-order valence-electron chi connectivity index (χ3n) is 8.19. The van der Waals surface area contributed by atoms with Crippen LogP contribution in [0.3, 0.4) is 0 Å². The number of hydrogen-bond donors (Lipinski definition) is 1. The van der Waals surface area contributed by atoms with Gasteiger partial charge in [-0.2, -0.15) is 5.10 Å². The first kappa shape index (κ1) is 32.0. The molecule has 0 unspecified atom stereocenters. The van der Waals surface area contributed by atoms with Crippen LogP contribution in [0.25, 0.3) is 11.4 Å². The van der Waals surface area contributed by atoms with E-state index in [1.165, 1.54) is 41.4 Å². The van der Waals surface area contributed by atoms with Crippen LogP contribution in [0.4, 0.5) is 18.9 Å². The van der Waals surface area contributed by atoms with Gasteiger partial charge in [-0.25, -0.2) is 17.9 Å². The first-order valence-corrected chi connectivity index (χ1v) is 15.2. The largest absolute Gasteiger partial charge is 0.507 e. The molecule has 1 fully saturated rings. The highest BCUT2D eigenvalue weighted by Crippen LogP contribution is 2.21. The quantitative estimate of drug-likeness (QED) is 0.138. The van der Waals surface area contributed by atoms with Crippen molar-refractivity contribution in [3.8, 4) is 5.69 Å². The number of ketones is 1. The molecule has 0 bridgehead atoms. The first-order valence-electron chi connectivity index (χ1n) is 15.2. The zero-order chi connectivity index (χ0) is 33.8. The molecule has 2 aromatic heterocycles. The van der Waals surface area contributed by atoms with Gasteiger partial charge >= 0.3 is 0 Å². The van der Waals surface area contributed by atoms with Crippen LogP contribution in [0.15, 0.2) is 108 Å². The number of amides is 1. The highest BCUT2D eigenvalue weighted by Gasteiger charge is 2.26. The van der Waals surface area contributed by atoms with Crippen molar-refractivity contribution in [3.05, 3.63) is 154 Å². The molecule has 244 valence electrons. The van der Waals surface area contributed by atoms with Crippen LogP contribution >= 0.6 is 0 Å². The molecule has 0 aliphatic carbocycles. The molecule has 0 spiro atoms. The summed E-state index contributed by atoms with van der Waals surface area (Å²) in [5.41, 5.74) is 0.756. The fourth-order valence-corrected chi connectivity index (χ4v) is 5.64. The monoisotopic (exact) mass is 653 g/mol. The standard InChI is InChI=1S/C36H30F3N5O4/c37-30-6-2-1-5-25(30)23-43-22-24(19-28-31(38)7-3-8-32(28)39)20-29(35(43)47)33(45)21-34(46)36(48)42-17-15-41(16-18-42)26-9-11-27(12-10-26)44-14-4-13-40-44/h1-14,20-22,45H,15-19,23H2/b33-21+. The molecule has 0 atom stereocenters. The minimum absolute atomic E-state index is 0.155. The molecule has 3 aromatic carbocycles. The van der Waals surface area contributed by atoms with Gasteiger partial charge in [0.1, 0.15) is 23.2 Å². The van der Waals surface area contributed by atoms with Gasteiger partial charge in [0, 0.05) is 74.1 Å². The van der Waals surface area contributed by atoms with Crippen molar-refractivity contribution in [2.75, 3.05) is 31.1 Å². The molecule has 3 heterocycles. The van der Waals surface area contributed by atoms with E-state index < -0.39 is 40.5 Å². The number of carbonyl (C=O) groups is 2. The van der Waals surface area contributed by atoms with Crippen LogP contribution in [0.5, 0.6) is 0 Å². The lowest BCUT2D eigenvalue weighted by Crippen LogP contribution is -2.50. The van der Waals surface area contributed by atoms with Gasteiger partial charge in [0.15, 0.2) is 0 Å². The minimum atomic E-state index is -1.05. The van der Waals surface area contributed by atoms with Crippen LogP contribution in [0.2, 0.25) is 0 Å². The maximum Gasteiger partial charge on any atom is 0.294 e. The number of anilines is 1. The van der Waals surface area contributed by atoms with Crippen LogP contribution in [-0.4, -0.2) is 62.2 Å². The molecule has 1 aliphatic heterocycles. The van der Waals surface area contributed by atoms with E-state index in [1.54, 1.807) is 16.9 Å². The topological polar surface area (TPSA) is 101 Å². The number of carbonyl (C=O) groups excluding carboxylic acids is 2. The maximum absolute atomic E-state index is 14.5. The lowest BCUT2D eigenvalue weighted by molar-refractivity contribution is -0.142. The third-order valence-corrected chi connectivity index (χ3v) is 8.19. The maximum atomic E-state index is 14.5. The van der Waals surface area contributed by atoms with Crippen molar-refractivity contribution in [1.82, 2.24) is 19.2 Å². The molecule has 12 heteroatoms. The molecule has 5 aromatic rings. The van der Waals surface area contributed by atoms with E-state index in [0.717, 1.165) is 28.1 Å². The third kappa shape index (κ3) is 6.92. The number of nitrogens with zero attached hydrogens (tertiary/aromatic N) is 5. The molecular weight excluding hydrogens is 623 g/mol. The van der Waals surface area contributed by atoms with Gasteiger partial charge in [-0.1, -0.05) is 24.3 Å². The molecule has 48 heavy (non-hydrogen) atoms. The van der Waals surface area contributed by atoms with E-state index in [9.17, 15) is 32.7 Å². The Morgan fingerprint density at radius 2 is 1.50 bits per heavy atom. The number of pyridine rings is 1. The van der Waals surface area contributed by atoms with Crippen molar-refractivity contribution < 1.29 is 27.9 Å². The molecule has 1 saturated heterocycles. The lowest BCUT2D eigenvalue weighted by atomic mass is 10.0. The number of hydrogen-bond acceptors (Lipinski definition) is 6. The fourth-order valence-electron chi connectivity index (χ4n) is 5.64. The zero-order valence-corrected chi connectivity index (χ0v) is 25.6. The number of piperazine rings is 1. The summed E-state index contributed by atoms with van der Waals surface area (Å²) in [4.78, 5) is 43.0. The van der Waals surface area contributed by atoms with E-state index in [-0.39, 0.29) is 48.3 Å². The average Bonchev–Trinajstić information content (AvgIpc) is 3.64. The van der Waals surface area contributed by atoms with Crippen LogP contribution in [0.1, 0.15) is 22.3 Å². The van der Waals surface area contributed by atoms with E-state index in [2.05, 4.69) is 10.00 Å². The normalized spacial score (nSPS) is 13.5. The summed E-state index contributed by atoms with van der Waals surface area (Å²) in [6, 6.07) is 20.0. The van der Waals surface area contributed by atoms with Crippen LogP contribution < -0.4 is 10.5 Å². The smallest absolute Gasteiger partial charge is 0.294 e. The number of halogens is 3. The summed E-state index contributed by atoms with van der Waals surface area (Å²) >= 11 is 0. The predicted octanol–water partition coefficient (Wildman–Crippen LogP) is 4.91. The molecular formula is C36H30F3N5O4. The van der Waals surface area contributed by atoms with Crippen molar-refractivity contribution in [1.29, 1.82) is 0 Å². The molecule has 6 rings (SSSR count). The highest BCUT2D eigenvalue weighted by molar-refractivity contribution is 6.41. The molecule has 0 radical (unpaired) electrons. The van der Waals surface area contributed by atoms with Gasteiger partial charge in [0.2, 0.25) is 5.78 Å². The zero-order valence-electron chi connectivity index (χ0n) is 25.6. The molecule has 1 amide bonds. The molecule has 1 N–H and O–H groups in total. The molecule has 1 aliphatic rings. The summed E-state index contributed by atoms with van der Waals surface area (Å²) < 4.78 is 46.3. The van der Waals surface area contributed by atoms with Gasteiger partial charge in [-0.3, -0.25) is 14.4 Å². The average molecular weight is 654 g/mol. The van der Waals surface area contributed by atoms with E-state index in [1.807, 2.05) is 36.5 Å². The van der Waals surface area contributed by atoms with Crippen molar-refractivity contribution >= 4 is 23.1 Å². The summed E-state index contributed by atoms with van der Waals surface area (Å²) in [7, 11) is 0. The van der Waals surface area contributed by atoms with E-state index in [0.29, 0.717) is 19.2 Å². The Kier molecular flexibility index (Phi) is 9.24. The van der Waals surface area contributed by atoms with Gasteiger partial charge < -0.3 is 19.5 Å². The highest BCUT2D eigenvalue weighted by atomic mass is 19.1. The Labute approximate surface area is 273 Å². The lowest BCUT2D eigenvalue weighted by Gasteiger charge is -2.35. The number of aromatic nitrogens is 3. The van der Waals surface area contributed by atoms with Crippen LogP contribution in [-0.2, 0) is 22.6 Å². The van der Waals surface area contributed by atoms with E-state index >= 15 is 0 Å². The first-order chi connectivity index (χ1) is 23.2. The van der Waals surface area contributed by atoms with Gasteiger partial charge in [0.25, 0.3) is 11.5 Å². The summed E-state index contributed by atoms with van der Waals surface area (Å²) in [6.45, 7) is 1.16. The Balaban J connectivity index is 1.20. The van der Waals surface area contributed by atoms with Crippen molar-refractivity contribution in [2.45, 2.75) is 13.0 Å². The SMILES string of the molecule is O=C(/C=C(/O)c1cc(Cc2c(F)cccc2F)cn(Cc2ccccc2F)c1=O)C(=O)N1CCN(c2ccc(-n3cccn3)cc2)CC1. The Bertz CT molecular complexity index is 2030. The second-order valence-electron chi connectivity index (χ2n) is 11.3. The number of aliphatic hydroxyl groups excluding tert-OH is 1. The van der Waals surface area contributed by atoms with Crippen molar-refractivity contribution in [3.63, 3.8) is 0 Å². The summed E-state index contributed by atoms with van der Waals surface area (Å²) in [6.07, 6.45) is 5.21. The predicted molar refractivity (Wildman–Crippen MR) is 173 cm³/mol. The Morgan fingerprint density at radius 1 is 0.833 bits per heavy atom. The number of benzene rings is 3.